The van der Waals surface area contributed by atoms with Gasteiger partial charge >= 0.3 is 6.09 Å². The first-order chi connectivity index (χ1) is 9.68. The Bertz CT molecular complexity index is 367. The van der Waals surface area contributed by atoms with E-state index in [1.54, 1.807) is 0 Å². The molecule has 2 aliphatic heterocycles. The van der Waals surface area contributed by atoms with Crippen LogP contribution in [0.4, 0.5) is 4.79 Å². The van der Waals surface area contributed by atoms with Crippen molar-refractivity contribution in [2.45, 2.75) is 71.9 Å². The van der Waals surface area contributed by atoms with Gasteiger partial charge in [-0.15, -0.1) is 0 Å². The third-order valence-electron chi connectivity index (χ3n) is 4.67. The molecule has 122 valence electrons. The molecule has 4 nitrogen and oxygen atoms in total. The van der Waals surface area contributed by atoms with E-state index in [1.807, 2.05) is 25.7 Å². The van der Waals surface area contributed by atoms with Gasteiger partial charge in [0.1, 0.15) is 5.60 Å². The molecule has 0 bridgehead atoms. The van der Waals surface area contributed by atoms with Gasteiger partial charge in [-0.1, -0.05) is 13.8 Å². The van der Waals surface area contributed by atoms with Crippen LogP contribution in [-0.2, 0) is 4.74 Å². The summed E-state index contributed by atoms with van der Waals surface area (Å²) in [4.78, 5) is 14.7. The quantitative estimate of drug-likeness (QED) is 0.806. The molecule has 1 unspecified atom stereocenters. The van der Waals surface area contributed by atoms with E-state index in [2.05, 4.69) is 19.2 Å². The van der Waals surface area contributed by atoms with Gasteiger partial charge in [0.15, 0.2) is 0 Å². The lowest BCUT2D eigenvalue weighted by atomic mass is 9.76. The number of nitrogens with zero attached hydrogens (tertiary/aromatic N) is 1. The fraction of sp³-hybridized carbons (Fsp3) is 0.941. The van der Waals surface area contributed by atoms with Gasteiger partial charge in [-0.3, -0.25) is 0 Å². The summed E-state index contributed by atoms with van der Waals surface area (Å²) in [6.45, 7) is 13.3. The Morgan fingerprint density at radius 2 is 1.81 bits per heavy atom. The largest absolute Gasteiger partial charge is 0.444 e. The summed E-state index contributed by atoms with van der Waals surface area (Å²) in [7, 11) is 0. The Balaban J connectivity index is 2.11. The standard InChI is InChI=1S/C17H32N2O2/c1-16(2,3)21-15(20)19-12-17(4,5)9-6-14(19)13-7-10-18-11-8-13/h13-14,18H,6-12H2,1-5H3. The molecule has 1 atom stereocenters. The molecule has 2 fully saturated rings. The van der Waals surface area contributed by atoms with Gasteiger partial charge in [0.25, 0.3) is 0 Å². The Morgan fingerprint density at radius 3 is 2.38 bits per heavy atom. The highest BCUT2D eigenvalue weighted by atomic mass is 16.6. The topological polar surface area (TPSA) is 41.6 Å². The van der Waals surface area contributed by atoms with Crippen molar-refractivity contribution in [3.63, 3.8) is 0 Å². The van der Waals surface area contributed by atoms with Crippen molar-refractivity contribution in [1.82, 2.24) is 10.2 Å². The van der Waals surface area contributed by atoms with Crippen LogP contribution in [-0.4, -0.2) is 42.3 Å². The molecule has 2 heterocycles. The summed E-state index contributed by atoms with van der Waals surface area (Å²) < 4.78 is 5.66. The number of likely N-dealkylation sites (tertiary alicyclic amines) is 1. The number of amides is 1. The van der Waals surface area contributed by atoms with Gasteiger partial charge in [-0.2, -0.15) is 0 Å². The zero-order valence-corrected chi connectivity index (χ0v) is 14.4. The van der Waals surface area contributed by atoms with Crippen LogP contribution in [0, 0.1) is 11.3 Å². The first-order valence-electron chi connectivity index (χ1n) is 8.38. The summed E-state index contributed by atoms with van der Waals surface area (Å²) in [6.07, 6.45) is 4.52. The van der Waals surface area contributed by atoms with Crippen molar-refractivity contribution in [3.8, 4) is 0 Å². The van der Waals surface area contributed by atoms with E-state index in [0.29, 0.717) is 12.0 Å². The van der Waals surface area contributed by atoms with Crippen LogP contribution in [0.15, 0.2) is 0 Å². The van der Waals surface area contributed by atoms with Crippen molar-refractivity contribution < 1.29 is 9.53 Å². The maximum Gasteiger partial charge on any atom is 0.410 e. The van der Waals surface area contributed by atoms with E-state index in [4.69, 9.17) is 4.74 Å². The van der Waals surface area contributed by atoms with Gasteiger partial charge in [0.05, 0.1) is 0 Å². The van der Waals surface area contributed by atoms with Crippen LogP contribution in [0.3, 0.4) is 0 Å². The summed E-state index contributed by atoms with van der Waals surface area (Å²) in [5.74, 6) is 0.620. The molecular weight excluding hydrogens is 264 g/mol. The molecule has 0 aromatic heterocycles. The first kappa shape index (κ1) is 16.6. The van der Waals surface area contributed by atoms with Crippen LogP contribution < -0.4 is 5.32 Å². The van der Waals surface area contributed by atoms with Gasteiger partial charge < -0.3 is 15.0 Å². The van der Waals surface area contributed by atoms with Gasteiger partial charge in [-0.05, 0) is 70.9 Å². The van der Waals surface area contributed by atoms with Gasteiger partial charge in [0, 0.05) is 12.6 Å². The Hall–Kier alpha value is -0.770. The highest BCUT2D eigenvalue weighted by Gasteiger charge is 2.41. The van der Waals surface area contributed by atoms with E-state index in [0.717, 1.165) is 26.1 Å². The lowest BCUT2D eigenvalue weighted by Crippen LogP contribution is -2.55. The van der Waals surface area contributed by atoms with Gasteiger partial charge in [0.2, 0.25) is 0 Å². The Kier molecular flexibility index (Phi) is 4.86. The number of rotatable bonds is 1. The molecule has 0 aromatic carbocycles. The molecule has 1 N–H and O–H groups in total. The third kappa shape index (κ3) is 4.60. The van der Waals surface area contributed by atoms with E-state index in [1.165, 1.54) is 19.3 Å². The van der Waals surface area contributed by atoms with Crippen molar-refractivity contribution in [2.75, 3.05) is 19.6 Å². The maximum atomic E-state index is 12.6. The van der Waals surface area contributed by atoms with Crippen LogP contribution in [0.1, 0.15) is 60.3 Å². The predicted octanol–water partition coefficient (Wildman–Crippen LogP) is 3.41. The maximum absolute atomic E-state index is 12.6. The summed E-state index contributed by atoms with van der Waals surface area (Å²) in [5, 5.41) is 3.42. The minimum Gasteiger partial charge on any atom is -0.444 e. The van der Waals surface area contributed by atoms with Crippen molar-refractivity contribution in [3.05, 3.63) is 0 Å². The molecular formula is C17H32N2O2. The minimum atomic E-state index is -0.419. The second kappa shape index (κ2) is 6.15. The van der Waals surface area contributed by atoms with Gasteiger partial charge in [-0.25, -0.2) is 4.79 Å². The average Bonchev–Trinajstić information content (AvgIpc) is 2.36. The highest BCUT2D eigenvalue weighted by molar-refractivity contribution is 5.69. The molecule has 2 saturated heterocycles. The smallest absolute Gasteiger partial charge is 0.410 e. The minimum absolute atomic E-state index is 0.126. The van der Waals surface area contributed by atoms with Crippen molar-refractivity contribution >= 4 is 6.09 Å². The number of nitrogens with one attached hydrogen (secondary N) is 1. The molecule has 4 heteroatoms. The van der Waals surface area contributed by atoms with Crippen LogP contribution in [0.5, 0.6) is 0 Å². The molecule has 2 rings (SSSR count). The second-order valence-electron chi connectivity index (χ2n) is 8.47. The second-order valence-corrected chi connectivity index (χ2v) is 8.47. The van der Waals surface area contributed by atoms with E-state index >= 15 is 0 Å². The molecule has 0 aliphatic carbocycles. The van der Waals surface area contributed by atoms with E-state index in [-0.39, 0.29) is 11.5 Å². The van der Waals surface area contributed by atoms with Crippen molar-refractivity contribution in [2.24, 2.45) is 11.3 Å². The number of carbonyl (C=O) groups is 1. The van der Waals surface area contributed by atoms with E-state index < -0.39 is 5.60 Å². The summed E-state index contributed by atoms with van der Waals surface area (Å²) in [6, 6.07) is 0.356. The van der Waals surface area contributed by atoms with Crippen LogP contribution in [0.2, 0.25) is 0 Å². The molecule has 0 radical (unpaired) electrons. The Labute approximate surface area is 129 Å². The predicted molar refractivity (Wildman–Crippen MR) is 85.3 cm³/mol. The molecule has 0 spiro atoms. The molecule has 1 amide bonds. The SMILES string of the molecule is CC1(C)CCC(C2CCNCC2)N(C(=O)OC(C)(C)C)C1. The molecule has 21 heavy (non-hydrogen) atoms. The third-order valence-corrected chi connectivity index (χ3v) is 4.67. The zero-order chi connectivity index (χ0) is 15.7. The Morgan fingerprint density at radius 1 is 1.19 bits per heavy atom. The number of hydrogen-bond donors (Lipinski definition) is 1. The monoisotopic (exact) mass is 296 g/mol. The first-order valence-corrected chi connectivity index (χ1v) is 8.38. The normalized spacial score (nSPS) is 27.5. The fourth-order valence-corrected chi connectivity index (χ4v) is 3.59. The van der Waals surface area contributed by atoms with Crippen LogP contribution >= 0.6 is 0 Å². The molecule has 2 aliphatic rings. The van der Waals surface area contributed by atoms with E-state index in [9.17, 15) is 4.79 Å². The lowest BCUT2D eigenvalue weighted by molar-refractivity contribution is -0.0211. The highest BCUT2D eigenvalue weighted by Crippen LogP contribution is 2.37. The summed E-state index contributed by atoms with van der Waals surface area (Å²) >= 11 is 0. The lowest BCUT2D eigenvalue weighted by Gasteiger charge is -2.47. The molecule has 0 saturated carbocycles. The van der Waals surface area contributed by atoms with Crippen LogP contribution in [0.25, 0.3) is 0 Å². The number of hydrogen-bond acceptors (Lipinski definition) is 3. The zero-order valence-electron chi connectivity index (χ0n) is 14.4. The number of carbonyl (C=O) groups excluding carboxylic acids is 1. The number of piperidine rings is 2. The average molecular weight is 296 g/mol. The number of ether oxygens (including phenoxy) is 1. The summed E-state index contributed by atoms with van der Waals surface area (Å²) in [5.41, 5.74) is -0.225. The molecule has 0 aromatic rings. The fourth-order valence-electron chi connectivity index (χ4n) is 3.59. The van der Waals surface area contributed by atoms with Crippen molar-refractivity contribution in [1.29, 1.82) is 0 Å².